The lowest BCUT2D eigenvalue weighted by Crippen LogP contribution is -2.12. The molecule has 1 saturated carbocycles. The third-order valence-corrected chi connectivity index (χ3v) is 4.38. The average molecular weight is 261 g/mol. The second-order valence-electron chi connectivity index (χ2n) is 4.96. The van der Waals surface area contributed by atoms with Crippen molar-refractivity contribution in [3.8, 4) is 0 Å². The quantitative estimate of drug-likeness (QED) is 0.876. The molecule has 2 aromatic rings. The lowest BCUT2D eigenvalue weighted by atomic mass is 10.2. The van der Waals surface area contributed by atoms with Gasteiger partial charge in [-0.1, -0.05) is 13.0 Å². The van der Waals surface area contributed by atoms with Crippen LogP contribution in [-0.2, 0) is 0 Å². The van der Waals surface area contributed by atoms with Crippen LogP contribution in [0.4, 0.5) is 5.95 Å². The number of aromatic nitrogens is 2. The molecule has 1 N–H and O–H groups in total. The van der Waals surface area contributed by atoms with Gasteiger partial charge >= 0.3 is 0 Å². The predicted octanol–water partition coefficient (Wildman–Crippen LogP) is 4.15. The average Bonchev–Trinajstić information content (AvgIpc) is 2.93. The van der Waals surface area contributed by atoms with E-state index in [-0.39, 0.29) is 0 Å². The van der Waals surface area contributed by atoms with Crippen LogP contribution in [0.15, 0.2) is 23.7 Å². The van der Waals surface area contributed by atoms with Crippen LogP contribution in [0.25, 0.3) is 0 Å². The second-order valence-corrected chi connectivity index (χ2v) is 5.94. The van der Waals surface area contributed by atoms with E-state index in [4.69, 9.17) is 0 Å². The molecule has 96 valence electrons. The molecule has 0 aromatic carbocycles. The van der Waals surface area contributed by atoms with Crippen molar-refractivity contribution in [1.29, 1.82) is 0 Å². The lowest BCUT2D eigenvalue weighted by Gasteiger charge is -2.17. The van der Waals surface area contributed by atoms with Gasteiger partial charge in [-0.15, -0.1) is 11.3 Å². The minimum atomic E-state index is 0.379. The van der Waals surface area contributed by atoms with Crippen molar-refractivity contribution < 1.29 is 0 Å². The van der Waals surface area contributed by atoms with Crippen molar-refractivity contribution in [1.82, 2.24) is 9.55 Å². The summed E-state index contributed by atoms with van der Waals surface area (Å²) in [6, 6.07) is 5.37. The minimum absolute atomic E-state index is 0.379. The molecule has 1 aliphatic rings. The fraction of sp³-hybridized carbons (Fsp3) is 0.500. The molecule has 4 heteroatoms. The van der Waals surface area contributed by atoms with Crippen LogP contribution in [0.1, 0.15) is 48.8 Å². The van der Waals surface area contributed by atoms with Crippen molar-refractivity contribution in [3.05, 3.63) is 34.3 Å². The van der Waals surface area contributed by atoms with Gasteiger partial charge in [-0.2, -0.15) is 0 Å². The summed E-state index contributed by atoms with van der Waals surface area (Å²) in [5, 5.41) is 5.74. The molecule has 0 bridgehead atoms. The number of nitrogens with zero attached hydrogens (tertiary/aromatic N) is 2. The Balaban J connectivity index is 1.82. The molecule has 0 radical (unpaired) electrons. The Labute approximate surface area is 112 Å². The summed E-state index contributed by atoms with van der Waals surface area (Å²) in [4.78, 5) is 6.02. The summed E-state index contributed by atoms with van der Waals surface area (Å²) in [6.45, 7) is 4.28. The van der Waals surface area contributed by atoms with E-state index >= 15 is 0 Å². The molecule has 1 aliphatic carbocycles. The molecule has 0 spiro atoms. The third kappa shape index (κ3) is 2.29. The SMILES string of the molecule is CCC(Nc1nc(C)cn1C1CC1)c1cccs1. The molecule has 3 nitrogen and oxygen atoms in total. The number of nitrogens with one attached hydrogen (secondary N) is 1. The number of thiophene rings is 1. The van der Waals surface area contributed by atoms with Gasteiger partial charge in [0.15, 0.2) is 0 Å². The number of imidazole rings is 1. The normalized spacial score (nSPS) is 16.8. The molecular formula is C14H19N3S. The van der Waals surface area contributed by atoms with Gasteiger partial charge in [-0.05, 0) is 37.6 Å². The molecule has 1 unspecified atom stereocenters. The molecule has 1 fully saturated rings. The van der Waals surface area contributed by atoms with Crippen LogP contribution in [0, 0.1) is 6.92 Å². The minimum Gasteiger partial charge on any atom is -0.348 e. The Bertz CT molecular complexity index is 511. The first kappa shape index (κ1) is 11.8. The highest BCUT2D eigenvalue weighted by molar-refractivity contribution is 7.10. The van der Waals surface area contributed by atoms with Crippen LogP contribution < -0.4 is 5.32 Å². The maximum Gasteiger partial charge on any atom is 0.203 e. The van der Waals surface area contributed by atoms with E-state index in [1.165, 1.54) is 17.7 Å². The number of rotatable bonds is 5. The van der Waals surface area contributed by atoms with E-state index < -0.39 is 0 Å². The molecule has 2 heterocycles. The number of anilines is 1. The van der Waals surface area contributed by atoms with Crippen molar-refractivity contribution in [3.63, 3.8) is 0 Å². The molecule has 3 rings (SSSR count). The molecule has 2 aromatic heterocycles. The third-order valence-electron chi connectivity index (χ3n) is 3.39. The molecule has 18 heavy (non-hydrogen) atoms. The fourth-order valence-corrected chi connectivity index (χ4v) is 3.13. The topological polar surface area (TPSA) is 29.9 Å². The van der Waals surface area contributed by atoms with Crippen LogP contribution in [0.5, 0.6) is 0 Å². The molecule has 0 saturated heterocycles. The van der Waals surface area contributed by atoms with Gasteiger partial charge in [0.25, 0.3) is 0 Å². The van der Waals surface area contributed by atoms with Crippen LogP contribution in [0.2, 0.25) is 0 Å². The smallest absolute Gasteiger partial charge is 0.203 e. The number of aryl methyl sites for hydroxylation is 1. The Morgan fingerprint density at radius 2 is 2.39 bits per heavy atom. The number of hydrogen-bond donors (Lipinski definition) is 1. The predicted molar refractivity (Wildman–Crippen MR) is 76.2 cm³/mol. The summed E-state index contributed by atoms with van der Waals surface area (Å²) < 4.78 is 2.31. The summed E-state index contributed by atoms with van der Waals surface area (Å²) in [5.41, 5.74) is 1.10. The maximum absolute atomic E-state index is 4.63. The zero-order valence-corrected chi connectivity index (χ0v) is 11.7. The number of hydrogen-bond acceptors (Lipinski definition) is 3. The Kier molecular flexibility index (Phi) is 3.12. The van der Waals surface area contributed by atoms with E-state index in [1.54, 1.807) is 0 Å². The lowest BCUT2D eigenvalue weighted by molar-refractivity contribution is 0.700. The largest absolute Gasteiger partial charge is 0.348 e. The van der Waals surface area contributed by atoms with Crippen LogP contribution >= 0.6 is 11.3 Å². The van der Waals surface area contributed by atoms with Gasteiger partial charge in [-0.3, -0.25) is 0 Å². The first-order chi connectivity index (χ1) is 8.78. The van der Waals surface area contributed by atoms with Gasteiger partial charge in [0.1, 0.15) is 0 Å². The fourth-order valence-electron chi connectivity index (χ4n) is 2.27. The zero-order valence-electron chi connectivity index (χ0n) is 10.9. The highest BCUT2D eigenvalue weighted by Gasteiger charge is 2.27. The van der Waals surface area contributed by atoms with Gasteiger partial charge in [0, 0.05) is 17.1 Å². The molecule has 0 aliphatic heterocycles. The van der Waals surface area contributed by atoms with E-state index in [0.717, 1.165) is 18.1 Å². The summed E-state index contributed by atoms with van der Waals surface area (Å²) >= 11 is 1.81. The van der Waals surface area contributed by atoms with Crippen LogP contribution in [0.3, 0.4) is 0 Å². The van der Waals surface area contributed by atoms with Crippen molar-refractivity contribution in [2.24, 2.45) is 0 Å². The zero-order chi connectivity index (χ0) is 12.5. The maximum atomic E-state index is 4.63. The second kappa shape index (κ2) is 4.76. The Hall–Kier alpha value is -1.29. The van der Waals surface area contributed by atoms with E-state index in [2.05, 4.69) is 52.4 Å². The summed E-state index contributed by atoms with van der Waals surface area (Å²) in [5.74, 6) is 1.04. The highest BCUT2D eigenvalue weighted by Crippen LogP contribution is 2.38. The van der Waals surface area contributed by atoms with E-state index in [9.17, 15) is 0 Å². The monoisotopic (exact) mass is 261 g/mol. The first-order valence-electron chi connectivity index (χ1n) is 6.63. The highest BCUT2D eigenvalue weighted by atomic mass is 32.1. The Morgan fingerprint density at radius 1 is 1.56 bits per heavy atom. The molecule has 0 amide bonds. The van der Waals surface area contributed by atoms with Crippen molar-refractivity contribution >= 4 is 17.3 Å². The van der Waals surface area contributed by atoms with Gasteiger partial charge < -0.3 is 9.88 Å². The summed E-state index contributed by atoms with van der Waals surface area (Å²) in [7, 11) is 0. The van der Waals surface area contributed by atoms with Gasteiger partial charge in [0.2, 0.25) is 5.95 Å². The standard InChI is InChI=1S/C14H19N3S/c1-3-12(13-5-4-8-18-13)16-14-15-10(2)9-17(14)11-6-7-11/h4-5,8-9,11-12H,3,6-7H2,1-2H3,(H,15,16). The van der Waals surface area contributed by atoms with Crippen LogP contribution in [-0.4, -0.2) is 9.55 Å². The van der Waals surface area contributed by atoms with E-state index in [1.807, 2.05) is 11.3 Å². The van der Waals surface area contributed by atoms with E-state index in [0.29, 0.717) is 12.1 Å². The van der Waals surface area contributed by atoms with Gasteiger partial charge in [0.05, 0.1) is 11.7 Å². The Morgan fingerprint density at radius 3 is 3.00 bits per heavy atom. The molecular weight excluding hydrogens is 242 g/mol. The first-order valence-corrected chi connectivity index (χ1v) is 7.51. The van der Waals surface area contributed by atoms with Crippen molar-refractivity contribution in [2.75, 3.05) is 5.32 Å². The molecule has 1 atom stereocenters. The summed E-state index contributed by atoms with van der Waals surface area (Å²) in [6.07, 6.45) is 5.83. The van der Waals surface area contributed by atoms with Gasteiger partial charge in [-0.25, -0.2) is 4.98 Å². The van der Waals surface area contributed by atoms with Crippen molar-refractivity contribution in [2.45, 2.75) is 45.2 Å².